The molecule has 2 aromatic carbocycles. The Morgan fingerprint density at radius 2 is 1.95 bits per heavy atom. The summed E-state index contributed by atoms with van der Waals surface area (Å²) in [6.45, 7) is 3.96. The predicted molar refractivity (Wildman–Crippen MR) is 155 cm³/mol. The highest BCUT2D eigenvalue weighted by Crippen LogP contribution is 2.36. The minimum atomic E-state index is -0.569. The molecule has 0 saturated carbocycles. The van der Waals surface area contributed by atoms with E-state index >= 15 is 8.78 Å². The Morgan fingerprint density at radius 1 is 1.12 bits per heavy atom. The number of hydrogen-bond acceptors (Lipinski definition) is 9. The first-order valence-corrected chi connectivity index (χ1v) is 14.3. The number of β-amino-alcohol motifs (C(OH)–C–C–N with tert-alkyl or cyclic N) is 1. The standard InChI is InChI=1S/C30H33F2N7O3/c1-2-3-21-15-33-29(36-42-21)19-8-10-38(11-9-19)30-27-23(31)6-5-22(28(27)34-17-35-30)20-4-7-25(24(32)14-20)39-18-37(12-13-40)16-26(39)41/h4-7,14-15,17,19,40H,2-3,8-13,16,18H2,1H3,(H,33,36). The number of aliphatic imine (C=N–C) groups is 1. The van der Waals surface area contributed by atoms with E-state index in [0.717, 1.165) is 37.3 Å². The highest BCUT2D eigenvalue weighted by Gasteiger charge is 2.31. The van der Waals surface area contributed by atoms with Crippen LogP contribution >= 0.6 is 0 Å². The maximum atomic E-state index is 15.4. The van der Waals surface area contributed by atoms with Crippen LogP contribution in [0.2, 0.25) is 0 Å². The molecule has 6 rings (SSSR count). The largest absolute Gasteiger partial charge is 0.395 e. The van der Waals surface area contributed by atoms with E-state index in [4.69, 9.17) is 4.84 Å². The Bertz CT molecular complexity index is 1560. The van der Waals surface area contributed by atoms with Gasteiger partial charge in [-0.3, -0.25) is 14.6 Å². The number of hydrogen-bond donors (Lipinski definition) is 2. The van der Waals surface area contributed by atoms with Crippen LogP contribution in [0.3, 0.4) is 0 Å². The second kappa shape index (κ2) is 12.0. The van der Waals surface area contributed by atoms with Crippen molar-refractivity contribution in [2.75, 3.05) is 49.3 Å². The Kier molecular flexibility index (Phi) is 7.98. The number of nitrogens with one attached hydrogen (secondary N) is 1. The second-order valence-corrected chi connectivity index (χ2v) is 10.7. The van der Waals surface area contributed by atoms with Crippen LogP contribution in [-0.4, -0.2) is 71.2 Å². The summed E-state index contributed by atoms with van der Waals surface area (Å²) in [5.41, 5.74) is 4.62. The third kappa shape index (κ3) is 5.39. The first-order chi connectivity index (χ1) is 20.5. The van der Waals surface area contributed by atoms with Gasteiger partial charge in [-0.1, -0.05) is 13.0 Å². The molecule has 12 heteroatoms. The summed E-state index contributed by atoms with van der Waals surface area (Å²) in [5.74, 6) is 1.06. The van der Waals surface area contributed by atoms with Crippen LogP contribution in [0.1, 0.15) is 32.6 Å². The number of aromatic nitrogens is 2. The Morgan fingerprint density at radius 3 is 2.67 bits per heavy atom. The predicted octanol–water partition coefficient (Wildman–Crippen LogP) is 3.96. The van der Waals surface area contributed by atoms with E-state index in [0.29, 0.717) is 42.1 Å². The fourth-order valence-corrected chi connectivity index (χ4v) is 5.82. The van der Waals surface area contributed by atoms with Gasteiger partial charge in [0.2, 0.25) is 5.91 Å². The smallest absolute Gasteiger partial charge is 0.242 e. The molecule has 0 unspecified atom stereocenters. The lowest BCUT2D eigenvalue weighted by molar-refractivity contribution is -0.116. The third-order valence-electron chi connectivity index (χ3n) is 8.00. The lowest BCUT2D eigenvalue weighted by atomic mass is 9.95. The molecule has 2 fully saturated rings. The van der Waals surface area contributed by atoms with Gasteiger partial charge in [0, 0.05) is 37.5 Å². The molecule has 1 amide bonds. The van der Waals surface area contributed by atoms with Gasteiger partial charge in [-0.15, -0.1) is 0 Å². The number of amides is 1. The Hall–Kier alpha value is -4.16. The molecule has 3 aliphatic heterocycles. The molecular formula is C30H33F2N7O3. The van der Waals surface area contributed by atoms with Crippen molar-refractivity contribution in [2.24, 2.45) is 10.9 Å². The molecule has 42 heavy (non-hydrogen) atoms. The van der Waals surface area contributed by atoms with E-state index in [2.05, 4.69) is 32.3 Å². The number of carbonyl (C=O) groups is 1. The number of aliphatic hydroxyl groups is 1. The number of allylic oxidation sites excluding steroid dienone is 1. The van der Waals surface area contributed by atoms with Crippen LogP contribution in [0.5, 0.6) is 0 Å². The SMILES string of the molecule is CCCC1=CN=C(C2CCN(c3ncnc4c(-c5ccc(N6CN(CCO)CC6=O)c(F)c5)ccc(F)c34)CC2)NO1. The number of hydroxylamine groups is 1. The highest BCUT2D eigenvalue weighted by atomic mass is 19.1. The molecule has 4 heterocycles. The van der Waals surface area contributed by atoms with Crippen LogP contribution < -0.4 is 15.3 Å². The molecule has 0 aliphatic carbocycles. The summed E-state index contributed by atoms with van der Waals surface area (Å²) in [4.78, 5) is 36.7. The molecule has 3 aliphatic rings. The molecule has 10 nitrogen and oxygen atoms in total. The molecule has 0 atom stereocenters. The average Bonchev–Trinajstić information content (AvgIpc) is 3.37. The molecule has 1 aromatic heterocycles. The van der Waals surface area contributed by atoms with E-state index < -0.39 is 11.6 Å². The first-order valence-electron chi connectivity index (χ1n) is 14.3. The van der Waals surface area contributed by atoms with Crippen molar-refractivity contribution in [3.63, 3.8) is 0 Å². The number of rotatable bonds is 8. The van der Waals surface area contributed by atoms with E-state index in [1.807, 2.05) is 0 Å². The van der Waals surface area contributed by atoms with Gasteiger partial charge in [-0.2, -0.15) is 0 Å². The normalized spacial score (nSPS) is 18.2. The zero-order valence-electron chi connectivity index (χ0n) is 23.4. The van der Waals surface area contributed by atoms with Crippen molar-refractivity contribution >= 4 is 34.2 Å². The minimum Gasteiger partial charge on any atom is -0.395 e. The molecule has 2 saturated heterocycles. The van der Waals surface area contributed by atoms with Gasteiger partial charge < -0.3 is 14.8 Å². The number of fused-ring (bicyclic) bond motifs is 1. The average molecular weight is 578 g/mol. The van der Waals surface area contributed by atoms with Crippen molar-refractivity contribution in [1.82, 2.24) is 20.3 Å². The summed E-state index contributed by atoms with van der Waals surface area (Å²) in [7, 11) is 0. The molecule has 0 radical (unpaired) electrons. The number of aliphatic hydroxyl groups excluding tert-OH is 1. The van der Waals surface area contributed by atoms with Gasteiger partial charge in [0.05, 0.1) is 42.6 Å². The molecular weight excluding hydrogens is 544 g/mol. The number of anilines is 2. The quantitative estimate of drug-likeness (QED) is 0.415. The van der Waals surface area contributed by atoms with Crippen LogP contribution in [0.25, 0.3) is 22.0 Å². The van der Waals surface area contributed by atoms with Crippen molar-refractivity contribution in [2.45, 2.75) is 32.6 Å². The Balaban J connectivity index is 1.24. The van der Waals surface area contributed by atoms with Crippen LogP contribution in [0.4, 0.5) is 20.3 Å². The molecule has 2 N–H and O–H groups in total. The monoisotopic (exact) mass is 577 g/mol. The van der Waals surface area contributed by atoms with E-state index in [1.165, 1.54) is 23.4 Å². The van der Waals surface area contributed by atoms with Gasteiger partial charge in [-0.25, -0.2) is 29.2 Å². The fraction of sp³-hybridized carbons (Fsp3) is 0.400. The first kappa shape index (κ1) is 28.0. The number of halogens is 2. The lowest BCUT2D eigenvalue weighted by Crippen LogP contribution is -2.41. The zero-order chi connectivity index (χ0) is 29.2. The van der Waals surface area contributed by atoms with Crippen LogP contribution in [0.15, 0.2) is 53.6 Å². The maximum Gasteiger partial charge on any atom is 0.242 e. The number of carbonyl (C=O) groups excluding carboxylic acids is 1. The third-order valence-corrected chi connectivity index (χ3v) is 8.00. The fourth-order valence-electron chi connectivity index (χ4n) is 5.82. The summed E-state index contributed by atoms with van der Waals surface area (Å²) in [5, 5.41) is 9.47. The van der Waals surface area contributed by atoms with E-state index in [9.17, 15) is 9.90 Å². The van der Waals surface area contributed by atoms with Crippen LogP contribution in [-0.2, 0) is 9.63 Å². The minimum absolute atomic E-state index is 0.0824. The zero-order valence-corrected chi connectivity index (χ0v) is 23.4. The van der Waals surface area contributed by atoms with E-state index in [-0.39, 0.29) is 42.7 Å². The molecule has 220 valence electrons. The van der Waals surface area contributed by atoms with Crippen LogP contribution in [0, 0.1) is 17.6 Å². The summed E-state index contributed by atoms with van der Waals surface area (Å²) < 4.78 is 30.7. The summed E-state index contributed by atoms with van der Waals surface area (Å²) in [6.07, 6.45) is 6.58. The highest BCUT2D eigenvalue weighted by molar-refractivity contribution is 6.01. The lowest BCUT2D eigenvalue weighted by Gasteiger charge is -2.34. The van der Waals surface area contributed by atoms with Gasteiger partial charge >= 0.3 is 0 Å². The Labute approximate surface area is 242 Å². The maximum absolute atomic E-state index is 15.4. The molecule has 3 aromatic rings. The summed E-state index contributed by atoms with van der Waals surface area (Å²) in [6, 6.07) is 7.56. The van der Waals surface area contributed by atoms with Crippen molar-refractivity contribution in [3.8, 4) is 11.1 Å². The number of amidine groups is 1. The number of benzene rings is 2. The number of piperidine rings is 1. The summed E-state index contributed by atoms with van der Waals surface area (Å²) >= 11 is 0. The van der Waals surface area contributed by atoms with Gasteiger partial charge in [0.1, 0.15) is 35.4 Å². The van der Waals surface area contributed by atoms with Crippen molar-refractivity contribution in [1.29, 1.82) is 0 Å². The second-order valence-electron chi connectivity index (χ2n) is 10.7. The van der Waals surface area contributed by atoms with Crippen molar-refractivity contribution < 1.29 is 23.5 Å². The molecule has 0 spiro atoms. The van der Waals surface area contributed by atoms with E-state index in [1.54, 1.807) is 29.3 Å². The van der Waals surface area contributed by atoms with Crippen molar-refractivity contribution in [3.05, 3.63) is 60.3 Å². The van der Waals surface area contributed by atoms with Gasteiger partial charge in [0.15, 0.2) is 0 Å². The van der Waals surface area contributed by atoms with Gasteiger partial charge in [-0.05, 0) is 49.1 Å². The van der Waals surface area contributed by atoms with Gasteiger partial charge in [0.25, 0.3) is 0 Å². The number of nitrogens with zero attached hydrogens (tertiary/aromatic N) is 6. The topological polar surface area (TPSA) is 106 Å². The molecule has 0 bridgehead atoms.